The Bertz CT molecular complexity index is 1030. The van der Waals surface area contributed by atoms with Crippen LogP contribution in [0.3, 0.4) is 0 Å². The van der Waals surface area contributed by atoms with Crippen LogP contribution in [0.1, 0.15) is 13.8 Å². The molecule has 29 heavy (non-hydrogen) atoms. The summed E-state index contributed by atoms with van der Waals surface area (Å²) in [5, 5.41) is 3.80. The van der Waals surface area contributed by atoms with Gasteiger partial charge in [0.25, 0.3) is 15.9 Å². The number of nitrogens with one attached hydrogen (secondary N) is 1. The molecule has 1 aliphatic rings. The molecule has 2 aromatic rings. The predicted octanol–water partition coefficient (Wildman–Crippen LogP) is 2.30. The quantitative estimate of drug-likeness (QED) is 0.570. The van der Waals surface area contributed by atoms with E-state index in [0.29, 0.717) is 30.4 Å². The molecule has 8 nitrogen and oxygen atoms in total. The summed E-state index contributed by atoms with van der Waals surface area (Å²) in [7, 11) is -4.17. The van der Waals surface area contributed by atoms with Gasteiger partial charge in [0, 0.05) is 11.8 Å². The summed E-state index contributed by atoms with van der Waals surface area (Å²) >= 11 is 0. The maximum absolute atomic E-state index is 13.3. The number of ether oxygens (including phenoxy) is 2. The molecule has 0 atom stereocenters. The van der Waals surface area contributed by atoms with Crippen molar-refractivity contribution in [1.82, 2.24) is 5.43 Å². The van der Waals surface area contributed by atoms with E-state index in [0.717, 1.165) is 16.4 Å². The third-order valence-corrected chi connectivity index (χ3v) is 5.68. The Morgan fingerprint density at radius 2 is 1.76 bits per heavy atom. The molecule has 3 rings (SSSR count). The minimum Gasteiger partial charge on any atom is -0.486 e. The highest BCUT2D eigenvalue weighted by Crippen LogP contribution is 2.34. The van der Waals surface area contributed by atoms with Crippen LogP contribution in [-0.2, 0) is 14.8 Å². The van der Waals surface area contributed by atoms with Crippen LogP contribution >= 0.6 is 0 Å². The van der Waals surface area contributed by atoms with Crippen molar-refractivity contribution < 1.29 is 27.1 Å². The first-order valence-electron chi connectivity index (χ1n) is 8.75. The summed E-state index contributed by atoms with van der Waals surface area (Å²) in [4.78, 5) is 12.2. The summed E-state index contributed by atoms with van der Waals surface area (Å²) in [5.74, 6) is -0.432. The van der Waals surface area contributed by atoms with Crippen molar-refractivity contribution in [3.63, 3.8) is 0 Å². The van der Waals surface area contributed by atoms with Crippen molar-refractivity contribution in [3.8, 4) is 11.5 Å². The molecule has 0 bridgehead atoms. The number of fused-ring (bicyclic) bond motifs is 1. The number of nitrogens with zero attached hydrogens (tertiary/aromatic N) is 2. The fourth-order valence-corrected chi connectivity index (χ4v) is 4.01. The van der Waals surface area contributed by atoms with E-state index in [1.54, 1.807) is 13.8 Å². The van der Waals surface area contributed by atoms with Crippen LogP contribution < -0.4 is 19.2 Å². The third-order valence-electron chi connectivity index (χ3n) is 3.91. The molecule has 0 saturated heterocycles. The fourth-order valence-electron chi connectivity index (χ4n) is 2.57. The number of halogens is 1. The van der Waals surface area contributed by atoms with Gasteiger partial charge < -0.3 is 9.47 Å². The smallest absolute Gasteiger partial charge is 0.264 e. The van der Waals surface area contributed by atoms with E-state index in [2.05, 4.69) is 10.5 Å². The fraction of sp³-hybridized carbons (Fsp3) is 0.263. The first-order valence-corrected chi connectivity index (χ1v) is 10.2. The number of amides is 1. The van der Waals surface area contributed by atoms with Crippen LogP contribution in [0.5, 0.6) is 11.5 Å². The number of rotatable bonds is 6. The molecular weight excluding hydrogens is 401 g/mol. The zero-order chi connectivity index (χ0) is 21.0. The van der Waals surface area contributed by atoms with Crippen molar-refractivity contribution in [2.75, 3.05) is 24.1 Å². The molecule has 1 amide bonds. The van der Waals surface area contributed by atoms with Crippen LogP contribution in [0.15, 0.2) is 52.5 Å². The van der Waals surface area contributed by atoms with Crippen molar-refractivity contribution in [2.45, 2.75) is 18.7 Å². The van der Waals surface area contributed by atoms with Gasteiger partial charge >= 0.3 is 0 Å². The molecule has 1 heterocycles. The molecule has 0 fully saturated rings. The zero-order valence-electron chi connectivity index (χ0n) is 15.9. The van der Waals surface area contributed by atoms with Crippen LogP contribution in [0.25, 0.3) is 0 Å². The Kier molecular flexibility index (Phi) is 6.02. The molecule has 0 saturated carbocycles. The Morgan fingerprint density at radius 1 is 1.10 bits per heavy atom. The molecular formula is C19H20FN3O5S. The molecule has 154 valence electrons. The number of hydrogen-bond donors (Lipinski definition) is 1. The second kappa shape index (κ2) is 8.48. The van der Waals surface area contributed by atoms with Crippen molar-refractivity contribution in [3.05, 3.63) is 48.3 Å². The van der Waals surface area contributed by atoms with Gasteiger partial charge in [-0.3, -0.25) is 9.10 Å². The second-order valence-corrected chi connectivity index (χ2v) is 8.25. The molecule has 0 aliphatic carbocycles. The standard InChI is InChI=1S/C19H20FN3O5S/c1-13(2)21-22-19(24)12-23(15-5-3-14(20)4-6-15)29(25,26)16-7-8-17-18(11-16)28-10-9-27-17/h3-8,11H,9-10,12H2,1-2H3,(H,22,24). The summed E-state index contributed by atoms with van der Waals surface area (Å²) in [5.41, 5.74) is 3.02. The first kappa shape index (κ1) is 20.6. The number of hydrazone groups is 1. The SMILES string of the molecule is CC(C)=NNC(=O)CN(c1ccc(F)cc1)S(=O)(=O)c1ccc2c(c1)OCCO2. The minimum atomic E-state index is -4.17. The van der Waals surface area contributed by atoms with Gasteiger partial charge in [0.2, 0.25) is 0 Å². The van der Waals surface area contributed by atoms with Gasteiger partial charge in [-0.25, -0.2) is 18.2 Å². The number of hydrogen-bond acceptors (Lipinski definition) is 6. The normalized spacial score (nSPS) is 12.8. The summed E-state index contributed by atoms with van der Waals surface area (Å²) in [6.45, 7) is 3.50. The lowest BCUT2D eigenvalue weighted by Crippen LogP contribution is -2.39. The summed E-state index contributed by atoms with van der Waals surface area (Å²) in [6.07, 6.45) is 0. The Hall–Kier alpha value is -3.14. The Balaban J connectivity index is 1.98. The minimum absolute atomic E-state index is 0.0888. The van der Waals surface area contributed by atoms with Gasteiger partial charge in [0.1, 0.15) is 25.6 Å². The van der Waals surface area contributed by atoms with Crippen molar-refractivity contribution in [1.29, 1.82) is 0 Å². The summed E-state index contributed by atoms with van der Waals surface area (Å²) < 4.78 is 51.7. The number of carbonyl (C=O) groups is 1. The van der Waals surface area contributed by atoms with Crippen LogP contribution in [0.4, 0.5) is 10.1 Å². The molecule has 1 N–H and O–H groups in total. The highest BCUT2D eigenvalue weighted by Gasteiger charge is 2.29. The topological polar surface area (TPSA) is 97.3 Å². The molecule has 0 spiro atoms. The van der Waals surface area contributed by atoms with E-state index >= 15 is 0 Å². The van der Waals surface area contributed by atoms with E-state index in [1.165, 1.54) is 30.3 Å². The third kappa shape index (κ3) is 4.83. The van der Waals surface area contributed by atoms with Crippen molar-refractivity contribution in [2.24, 2.45) is 5.10 Å². The number of sulfonamides is 1. The van der Waals surface area contributed by atoms with Crippen LogP contribution in [0.2, 0.25) is 0 Å². The van der Waals surface area contributed by atoms with Gasteiger partial charge in [-0.15, -0.1) is 0 Å². The van der Waals surface area contributed by atoms with Crippen LogP contribution in [0, 0.1) is 5.82 Å². The molecule has 2 aromatic carbocycles. The lowest BCUT2D eigenvalue weighted by Gasteiger charge is -2.25. The molecule has 10 heteroatoms. The summed E-state index contributed by atoms with van der Waals surface area (Å²) in [6, 6.07) is 9.01. The van der Waals surface area contributed by atoms with E-state index in [1.807, 2.05) is 0 Å². The van der Waals surface area contributed by atoms with Gasteiger partial charge in [0.05, 0.1) is 10.6 Å². The van der Waals surface area contributed by atoms with E-state index in [-0.39, 0.29) is 10.6 Å². The monoisotopic (exact) mass is 421 g/mol. The average molecular weight is 421 g/mol. The van der Waals surface area contributed by atoms with E-state index in [9.17, 15) is 17.6 Å². The lowest BCUT2D eigenvalue weighted by molar-refractivity contribution is -0.119. The zero-order valence-corrected chi connectivity index (χ0v) is 16.7. The van der Waals surface area contributed by atoms with E-state index < -0.39 is 28.3 Å². The van der Waals surface area contributed by atoms with Crippen LogP contribution in [-0.4, -0.2) is 39.8 Å². The Morgan fingerprint density at radius 3 is 2.41 bits per heavy atom. The van der Waals surface area contributed by atoms with Crippen molar-refractivity contribution >= 4 is 27.3 Å². The van der Waals surface area contributed by atoms with Gasteiger partial charge in [-0.1, -0.05) is 0 Å². The molecule has 0 unspecified atom stereocenters. The van der Waals surface area contributed by atoms with Gasteiger partial charge in [-0.05, 0) is 50.2 Å². The van der Waals surface area contributed by atoms with Gasteiger partial charge in [-0.2, -0.15) is 5.10 Å². The highest BCUT2D eigenvalue weighted by atomic mass is 32.2. The molecule has 0 aromatic heterocycles. The second-order valence-electron chi connectivity index (χ2n) is 6.39. The van der Waals surface area contributed by atoms with Gasteiger partial charge in [0.15, 0.2) is 11.5 Å². The molecule has 0 radical (unpaired) electrons. The highest BCUT2D eigenvalue weighted by molar-refractivity contribution is 7.92. The lowest BCUT2D eigenvalue weighted by atomic mass is 10.3. The predicted molar refractivity (Wildman–Crippen MR) is 105 cm³/mol. The van der Waals surface area contributed by atoms with E-state index in [4.69, 9.17) is 9.47 Å². The maximum atomic E-state index is 13.3. The first-order chi connectivity index (χ1) is 13.8. The maximum Gasteiger partial charge on any atom is 0.264 e. The largest absolute Gasteiger partial charge is 0.486 e. The number of anilines is 1. The molecule has 1 aliphatic heterocycles. The number of carbonyl (C=O) groups excluding carboxylic acids is 1. The average Bonchev–Trinajstić information content (AvgIpc) is 2.70. The number of benzene rings is 2. The Labute approximate surface area is 168 Å².